The lowest BCUT2D eigenvalue weighted by Crippen LogP contribution is -2.30. The number of hydrogen-bond acceptors (Lipinski definition) is 0. The summed E-state index contributed by atoms with van der Waals surface area (Å²) in [6.45, 7) is 5.89. The van der Waals surface area contributed by atoms with Crippen LogP contribution in [0.2, 0.25) is 0 Å². The van der Waals surface area contributed by atoms with Crippen molar-refractivity contribution in [2.45, 2.75) is 77.0 Å². The van der Waals surface area contributed by atoms with E-state index in [1.165, 1.54) is 62.5 Å². The lowest BCUT2D eigenvalue weighted by atomic mass is 9.63. The summed E-state index contributed by atoms with van der Waals surface area (Å²) in [5.74, 6) is 9.12. The molecular weight excluding hydrogens is 415 g/mol. The van der Waals surface area contributed by atoms with E-state index in [-0.39, 0.29) is 5.82 Å². The second kappa shape index (κ2) is 12.2. The van der Waals surface area contributed by atoms with Crippen LogP contribution >= 0.6 is 0 Å². The van der Waals surface area contributed by atoms with Gasteiger partial charge in [0, 0.05) is 5.56 Å². The highest BCUT2D eigenvalue weighted by atomic mass is 19.1. The standard InChI is InChI=1S/C33H39F/c1-3-5-7-9-27-15-17-30-23-31(21-20-29(30)22-27)32-19-18-28(33(34)24-32)16-14-26-12-10-25(11-13-26)8-6-4-2/h3-5,10-13,18-19,24,27,29-31H,2,6-9,15,17,20-23H2,1H3/b5-3+. The van der Waals surface area contributed by atoms with Gasteiger partial charge in [-0.1, -0.05) is 54.7 Å². The Labute approximate surface area is 206 Å². The van der Waals surface area contributed by atoms with E-state index in [1.807, 2.05) is 24.3 Å². The van der Waals surface area contributed by atoms with E-state index in [0.717, 1.165) is 36.2 Å². The van der Waals surface area contributed by atoms with E-state index < -0.39 is 0 Å². The molecule has 0 amide bonds. The Morgan fingerprint density at radius 2 is 1.74 bits per heavy atom. The molecule has 0 spiro atoms. The number of fused-ring (bicyclic) bond motifs is 1. The van der Waals surface area contributed by atoms with E-state index in [1.54, 1.807) is 6.07 Å². The summed E-state index contributed by atoms with van der Waals surface area (Å²) < 4.78 is 14.9. The Hall–Kier alpha value is -2.59. The van der Waals surface area contributed by atoms with Crippen LogP contribution in [0.5, 0.6) is 0 Å². The monoisotopic (exact) mass is 454 g/mol. The van der Waals surface area contributed by atoms with E-state index in [0.29, 0.717) is 11.5 Å². The minimum atomic E-state index is -0.178. The van der Waals surface area contributed by atoms with Crippen LogP contribution in [0, 0.1) is 35.4 Å². The molecule has 4 rings (SSSR count). The van der Waals surface area contributed by atoms with Crippen LogP contribution in [0.25, 0.3) is 0 Å². The highest BCUT2D eigenvalue weighted by Gasteiger charge is 2.35. The van der Waals surface area contributed by atoms with Crippen molar-refractivity contribution in [3.8, 4) is 11.8 Å². The van der Waals surface area contributed by atoms with Gasteiger partial charge in [0.2, 0.25) is 0 Å². The molecule has 0 N–H and O–H groups in total. The number of allylic oxidation sites excluding steroid dienone is 3. The maximum absolute atomic E-state index is 14.9. The smallest absolute Gasteiger partial charge is 0.139 e. The number of hydrogen-bond donors (Lipinski definition) is 0. The maximum atomic E-state index is 14.9. The first kappa shape index (κ1) is 24.5. The largest absolute Gasteiger partial charge is 0.206 e. The first-order valence-electron chi connectivity index (χ1n) is 13.3. The molecule has 0 heterocycles. The van der Waals surface area contributed by atoms with Gasteiger partial charge in [-0.05, 0) is 124 Å². The Kier molecular flexibility index (Phi) is 8.81. The predicted molar refractivity (Wildman–Crippen MR) is 142 cm³/mol. The summed E-state index contributed by atoms with van der Waals surface area (Å²) >= 11 is 0. The topological polar surface area (TPSA) is 0 Å². The molecule has 2 aromatic rings. The zero-order valence-electron chi connectivity index (χ0n) is 20.7. The molecule has 0 radical (unpaired) electrons. The average Bonchev–Trinajstić information content (AvgIpc) is 2.87. The molecule has 4 unspecified atom stereocenters. The van der Waals surface area contributed by atoms with Crippen molar-refractivity contribution in [2.24, 2.45) is 17.8 Å². The highest BCUT2D eigenvalue weighted by Crippen LogP contribution is 2.48. The second-order valence-corrected chi connectivity index (χ2v) is 10.4. The molecule has 2 aliphatic carbocycles. The van der Waals surface area contributed by atoms with Gasteiger partial charge in [0.15, 0.2) is 0 Å². The minimum absolute atomic E-state index is 0.178. The molecule has 178 valence electrons. The van der Waals surface area contributed by atoms with Crippen molar-refractivity contribution in [3.05, 3.63) is 95.3 Å². The zero-order valence-corrected chi connectivity index (χ0v) is 20.7. The van der Waals surface area contributed by atoms with Crippen molar-refractivity contribution in [2.75, 3.05) is 0 Å². The molecular formula is C33H39F. The molecule has 0 saturated heterocycles. The van der Waals surface area contributed by atoms with Gasteiger partial charge in [-0.2, -0.15) is 0 Å². The predicted octanol–water partition coefficient (Wildman–Crippen LogP) is 9.00. The van der Waals surface area contributed by atoms with E-state index in [4.69, 9.17) is 0 Å². The fourth-order valence-electron chi connectivity index (χ4n) is 6.10. The molecule has 2 aromatic carbocycles. The van der Waals surface area contributed by atoms with Crippen LogP contribution in [0.4, 0.5) is 4.39 Å². The van der Waals surface area contributed by atoms with Crippen molar-refractivity contribution in [1.82, 2.24) is 0 Å². The van der Waals surface area contributed by atoms with Gasteiger partial charge in [0.1, 0.15) is 5.82 Å². The molecule has 2 aliphatic rings. The van der Waals surface area contributed by atoms with Crippen LogP contribution in [0.1, 0.15) is 92.9 Å². The van der Waals surface area contributed by atoms with Gasteiger partial charge in [0.25, 0.3) is 0 Å². The Balaban J connectivity index is 1.34. The molecule has 0 bridgehead atoms. The van der Waals surface area contributed by atoms with E-state index >= 15 is 0 Å². The third-order valence-corrected chi connectivity index (χ3v) is 8.10. The first-order valence-corrected chi connectivity index (χ1v) is 13.3. The van der Waals surface area contributed by atoms with Gasteiger partial charge in [0.05, 0.1) is 5.56 Å². The molecule has 34 heavy (non-hydrogen) atoms. The Morgan fingerprint density at radius 1 is 0.941 bits per heavy atom. The molecule has 1 heteroatoms. The molecule has 4 atom stereocenters. The first-order chi connectivity index (χ1) is 16.7. The van der Waals surface area contributed by atoms with Crippen LogP contribution in [0.15, 0.2) is 67.3 Å². The van der Waals surface area contributed by atoms with Crippen LogP contribution in [-0.2, 0) is 6.42 Å². The van der Waals surface area contributed by atoms with Gasteiger partial charge < -0.3 is 0 Å². The normalized spacial score (nSPS) is 24.3. The lowest BCUT2D eigenvalue weighted by molar-refractivity contribution is 0.115. The fourth-order valence-corrected chi connectivity index (χ4v) is 6.10. The minimum Gasteiger partial charge on any atom is -0.206 e. The second-order valence-electron chi connectivity index (χ2n) is 10.4. The molecule has 0 aromatic heterocycles. The molecule has 2 fully saturated rings. The quantitative estimate of drug-likeness (QED) is 0.289. The van der Waals surface area contributed by atoms with Gasteiger partial charge in [-0.25, -0.2) is 4.39 Å². The zero-order chi connectivity index (χ0) is 23.8. The Bertz CT molecular complexity index is 1030. The number of rotatable bonds is 7. The van der Waals surface area contributed by atoms with Crippen LogP contribution in [-0.4, -0.2) is 0 Å². The summed E-state index contributed by atoms with van der Waals surface area (Å²) in [6.07, 6.45) is 18.9. The lowest BCUT2D eigenvalue weighted by Gasteiger charge is -2.42. The van der Waals surface area contributed by atoms with Crippen molar-refractivity contribution in [1.29, 1.82) is 0 Å². The summed E-state index contributed by atoms with van der Waals surface area (Å²) in [4.78, 5) is 0. The van der Waals surface area contributed by atoms with Crippen molar-refractivity contribution in [3.63, 3.8) is 0 Å². The Morgan fingerprint density at radius 3 is 2.50 bits per heavy atom. The van der Waals surface area contributed by atoms with Crippen molar-refractivity contribution >= 4 is 0 Å². The molecule has 2 saturated carbocycles. The summed E-state index contributed by atoms with van der Waals surface area (Å²) in [5.41, 5.74) is 3.86. The molecule has 0 nitrogen and oxygen atoms in total. The summed E-state index contributed by atoms with van der Waals surface area (Å²) in [5, 5.41) is 0. The maximum Gasteiger partial charge on any atom is 0.139 e. The van der Waals surface area contributed by atoms with Gasteiger partial charge in [-0.15, -0.1) is 6.58 Å². The SMILES string of the molecule is C=CCCc1ccc(C#Cc2ccc(C3CCC4CC(CC/C=C/C)CCC4C3)cc2F)cc1. The number of benzene rings is 2. The fraction of sp³-hybridized carbons (Fsp3) is 0.455. The van der Waals surface area contributed by atoms with Crippen LogP contribution in [0.3, 0.4) is 0 Å². The van der Waals surface area contributed by atoms with Gasteiger partial charge in [-0.3, -0.25) is 0 Å². The summed E-state index contributed by atoms with van der Waals surface area (Å²) in [6, 6.07) is 14.0. The third-order valence-electron chi connectivity index (χ3n) is 8.10. The number of halogens is 1. The van der Waals surface area contributed by atoms with E-state index in [9.17, 15) is 4.39 Å². The average molecular weight is 455 g/mol. The van der Waals surface area contributed by atoms with Gasteiger partial charge >= 0.3 is 0 Å². The molecule has 0 aliphatic heterocycles. The summed E-state index contributed by atoms with van der Waals surface area (Å²) in [7, 11) is 0. The highest BCUT2D eigenvalue weighted by molar-refractivity contribution is 5.45. The van der Waals surface area contributed by atoms with Crippen LogP contribution < -0.4 is 0 Å². The van der Waals surface area contributed by atoms with Crippen molar-refractivity contribution < 1.29 is 4.39 Å². The number of aryl methyl sites for hydroxylation is 1. The third kappa shape index (κ3) is 6.50. The van der Waals surface area contributed by atoms with E-state index in [2.05, 4.69) is 55.7 Å².